The van der Waals surface area contributed by atoms with Crippen molar-refractivity contribution in [1.29, 1.82) is 5.41 Å². The number of nitrogens with zero attached hydrogens (tertiary/aromatic N) is 3. The second kappa shape index (κ2) is 8.88. The van der Waals surface area contributed by atoms with Crippen LogP contribution in [-0.2, 0) is 9.53 Å². The number of amides is 1. The Kier molecular flexibility index (Phi) is 6.05. The van der Waals surface area contributed by atoms with Gasteiger partial charge in [0.25, 0.3) is 0 Å². The first kappa shape index (κ1) is 20.4. The lowest BCUT2D eigenvalue weighted by Gasteiger charge is -2.14. The van der Waals surface area contributed by atoms with Crippen LogP contribution in [0.15, 0.2) is 29.4 Å². The van der Waals surface area contributed by atoms with Crippen LogP contribution in [0.1, 0.15) is 18.5 Å². The zero-order valence-electron chi connectivity index (χ0n) is 16.9. The number of hydrogen-bond donors (Lipinski definition) is 3. The summed E-state index contributed by atoms with van der Waals surface area (Å²) in [5.41, 5.74) is 2.21. The number of ether oxygens (including phenoxy) is 2. The van der Waals surface area contributed by atoms with E-state index in [0.717, 1.165) is 30.8 Å². The summed E-state index contributed by atoms with van der Waals surface area (Å²) in [7, 11) is 1.60. The van der Waals surface area contributed by atoms with Crippen LogP contribution in [0.2, 0.25) is 0 Å². The van der Waals surface area contributed by atoms with Gasteiger partial charge in [-0.25, -0.2) is 4.98 Å². The van der Waals surface area contributed by atoms with E-state index in [1.54, 1.807) is 11.7 Å². The standard InChI is InChI=1S/C20H24N6O3S/c1-12-17-18(21)26(13-5-3-6-14(9-13)28-2)20(23-19(17)25-24-12)30-11-16(27)22-10-15-7-4-8-29-15/h3,5-6,9,15,21H,4,7-8,10-11H2,1-2H3,(H,22,27)(H,24,25). The topological polar surface area (TPSA) is 118 Å². The Labute approximate surface area is 177 Å². The van der Waals surface area contributed by atoms with Crippen molar-refractivity contribution in [2.45, 2.75) is 31.0 Å². The highest BCUT2D eigenvalue weighted by molar-refractivity contribution is 7.99. The third kappa shape index (κ3) is 4.19. The number of methoxy groups -OCH3 is 1. The molecule has 0 radical (unpaired) electrons. The molecule has 1 amide bonds. The molecule has 0 bridgehead atoms. The highest BCUT2D eigenvalue weighted by atomic mass is 32.2. The van der Waals surface area contributed by atoms with Gasteiger partial charge in [-0.15, -0.1) is 0 Å². The zero-order valence-corrected chi connectivity index (χ0v) is 17.7. The number of H-pyrrole nitrogens is 1. The molecule has 1 unspecified atom stereocenters. The molecule has 1 aromatic carbocycles. The van der Waals surface area contributed by atoms with Gasteiger partial charge >= 0.3 is 0 Å². The predicted molar refractivity (Wildman–Crippen MR) is 113 cm³/mol. The van der Waals surface area contributed by atoms with Crippen LogP contribution in [-0.4, -0.2) is 57.8 Å². The van der Waals surface area contributed by atoms with E-state index in [4.69, 9.17) is 14.9 Å². The Bertz CT molecular complexity index is 1120. The van der Waals surface area contributed by atoms with Crippen molar-refractivity contribution in [2.75, 3.05) is 26.0 Å². The van der Waals surface area contributed by atoms with E-state index in [1.807, 2.05) is 31.2 Å². The average Bonchev–Trinajstić information content (AvgIpc) is 3.40. The number of carbonyl (C=O) groups excluding carboxylic acids is 1. The second-order valence-electron chi connectivity index (χ2n) is 7.05. The summed E-state index contributed by atoms with van der Waals surface area (Å²) in [6.45, 7) is 3.13. The summed E-state index contributed by atoms with van der Waals surface area (Å²) < 4.78 is 12.6. The van der Waals surface area contributed by atoms with Gasteiger partial charge in [-0.3, -0.25) is 19.9 Å². The molecule has 1 atom stereocenters. The molecule has 3 heterocycles. The molecule has 1 aliphatic heterocycles. The first-order valence-corrected chi connectivity index (χ1v) is 10.7. The van der Waals surface area contributed by atoms with Crippen molar-refractivity contribution < 1.29 is 14.3 Å². The minimum absolute atomic E-state index is 0.0978. The third-order valence-electron chi connectivity index (χ3n) is 4.98. The van der Waals surface area contributed by atoms with Crippen LogP contribution in [0, 0.1) is 12.3 Å². The van der Waals surface area contributed by atoms with Gasteiger partial charge in [-0.1, -0.05) is 17.8 Å². The highest BCUT2D eigenvalue weighted by Gasteiger charge is 2.18. The van der Waals surface area contributed by atoms with Gasteiger partial charge in [0, 0.05) is 24.9 Å². The number of aromatic amines is 1. The van der Waals surface area contributed by atoms with Crippen LogP contribution in [0.4, 0.5) is 0 Å². The van der Waals surface area contributed by atoms with Crippen molar-refractivity contribution in [3.05, 3.63) is 35.4 Å². The van der Waals surface area contributed by atoms with Gasteiger partial charge < -0.3 is 14.8 Å². The molecule has 158 valence electrons. The monoisotopic (exact) mass is 428 g/mol. The Morgan fingerprint density at radius 2 is 2.37 bits per heavy atom. The number of nitrogens with one attached hydrogen (secondary N) is 3. The Morgan fingerprint density at radius 1 is 1.50 bits per heavy atom. The lowest BCUT2D eigenvalue weighted by Crippen LogP contribution is -2.33. The molecule has 2 aromatic heterocycles. The number of aromatic nitrogens is 4. The van der Waals surface area contributed by atoms with E-state index in [1.165, 1.54) is 11.8 Å². The van der Waals surface area contributed by atoms with E-state index in [2.05, 4.69) is 20.5 Å². The molecule has 3 N–H and O–H groups in total. The maximum absolute atomic E-state index is 12.4. The summed E-state index contributed by atoms with van der Waals surface area (Å²) in [6.07, 6.45) is 2.11. The van der Waals surface area contributed by atoms with Crippen LogP contribution >= 0.6 is 11.8 Å². The molecule has 9 nitrogen and oxygen atoms in total. The molecule has 0 spiro atoms. The number of benzene rings is 1. The SMILES string of the molecule is COc1cccc(-n2c(SCC(=O)NCC3CCCO3)nc3n[nH]c(C)c3c2=N)c1. The highest BCUT2D eigenvalue weighted by Crippen LogP contribution is 2.23. The van der Waals surface area contributed by atoms with Crippen LogP contribution in [0.5, 0.6) is 5.75 Å². The summed E-state index contributed by atoms with van der Waals surface area (Å²) >= 11 is 1.27. The fraction of sp³-hybridized carbons (Fsp3) is 0.400. The normalized spacial score (nSPS) is 16.1. The maximum atomic E-state index is 12.4. The summed E-state index contributed by atoms with van der Waals surface area (Å²) in [6, 6.07) is 7.41. The number of hydrogen-bond acceptors (Lipinski definition) is 7. The molecule has 4 rings (SSSR count). The molecular weight excluding hydrogens is 404 g/mol. The number of rotatable bonds is 7. The van der Waals surface area contributed by atoms with Crippen LogP contribution < -0.4 is 15.5 Å². The number of thioether (sulfide) groups is 1. The summed E-state index contributed by atoms with van der Waals surface area (Å²) in [5.74, 6) is 0.755. The maximum Gasteiger partial charge on any atom is 0.230 e. The van der Waals surface area contributed by atoms with Crippen molar-refractivity contribution in [3.8, 4) is 11.4 Å². The largest absolute Gasteiger partial charge is 0.497 e. The van der Waals surface area contributed by atoms with Gasteiger partial charge in [0.1, 0.15) is 11.2 Å². The lowest BCUT2D eigenvalue weighted by molar-refractivity contribution is -0.119. The van der Waals surface area contributed by atoms with E-state index in [-0.39, 0.29) is 23.3 Å². The molecule has 30 heavy (non-hydrogen) atoms. The van der Waals surface area contributed by atoms with Crippen molar-refractivity contribution in [3.63, 3.8) is 0 Å². The van der Waals surface area contributed by atoms with E-state index in [0.29, 0.717) is 28.5 Å². The van der Waals surface area contributed by atoms with Gasteiger partial charge in [0.15, 0.2) is 10.8 Å². The molecular formula is C20H24N6O3S. The third-order valence-corrected chi connectivity index (χ3v) is 5.91. The first-order chi connectivity index (χ1) is 14.6. The van der Waals surface area contributed by atoms with E-state index < -0.39 is 0 Å². The predicted octanol–water partition coefficient (Wildman–Crippen LogP) is 1.93. The van der Waals surface area contributed by atoms with Gasteiger partial charge in [-0.2, -0.15) is 5.10 Å². The smallest absolute Gasteiger partial charge is 0.230 e. The lowest BCUT2D eigenvalue weighted by atomic mass is 10.2. The van der Waals surface area contributed by atoms with Crippen LogP contribution in [0.3, 0.4) is 0 Å². The second-order valence-corrected chi connectivity index (χ2v) is 8.00. The van der Waals surface area contributed by atoms with E-state index >= 15 is 0 Å². The molecule has 1 aliphatic rings. The van der Waals surface area contributed by atoms with Crippen molar-refractivity contribution in [2.24, 2.45) is 0 Å². The average molecular weight is 429 g/mol. The summed E-state index contributed by atoms with van der Waals surface area (Å²) in [4.78, 5) is 17.0. The molecule has 10 heteroatoms. The van der Waals surface area contributed by atoms with Crippen molar-refractivity contribution >= 4 is 28.7 Å². The fourth-order valence-corrected chi connectivity index (χ4v) is 4.27. The first-order valence-electron chi connectivity index (χ1n) is 9.74. The minimum Gasteiger partial charge on any atom is -0.497 e. The Balaban J connectivity index is 1.62. The van der Waals surface area contributed by atoms with Crippen LogP contribution in [0.25, 0.3) is 16.7 Å². The molecule has 0 aliphatic carbocycles. The number of carbonyl (C=O) groups is 1. The van der Waals surface area contributed by atoms with Crippen molar-refractivity contribution in [1.82, 2.24) is 25.1 Å². The molecule has 3 aromatic rings. The zero-order chi connectivity index (χ0) is 21.1. The van der Waals surface area contributed by atoms with Gasteiger partial charge in [-0.05, 0) is 31.9 Å². The molecule has 0 saturated carbocycles. The number of fused-ring (bicyclic) bond motifs is 1. The Morgan fingerprint density at radius 3 is 3.13 bits per heavy atom. The minimum atomic E-state index is -0.0978. The molecule has 1 saturated heterocycles. The number of aryl methyl sites for hydroxylation is 1. The quantitative estimate of drug-likeness (QED) is 0.391. The van der Waals surface area contributed by atoms with E-state index in [9.17, 15) is 4.79 Å². The Hall–Kier alpha value is -2.85. The fourth-order valence-electron chi connectivity index (χ4n) is 3.43. The van der Waals surface area contributed by atoms with Gasteiger partial charge in [0.2, 0.25) is 5.91 Å². The summed E-state index contributed by atoms with van der Waals surface area (Å²) in [5, 5.41) is 19.9. The molecule has 1 fully saturated rings. The van der Waals surface area contributed by atoms with Gasteiger partial charge in [0.05, 0.1) is 30.0 Å².